The first-order chi connectivity index (χ1) is 15.5. The Kier molecular flexibility index (Phi) is 6.50. The standard InChI is InChI=1S/C25H24Br2ClN3O/c26-17-1-7-24-22(13-17)23-14-18(27)2-8-25(23)31(24)16-21(32)15-29-9-11-30(12-10-29)20-5-3-19(28)4-6-20/h1-8,13-14,21,32H,9-12,15-16H2/p+1/t21-/m1/s1. The molecule has 1 aliphatic heterocycles. The van der Waals surface area contributed by atoms with Crippen LogP contribution in [0.15, 0.2) is 69.6 Å². The molecule has 2 heterocycles. The first-order valence-electron chi connectivity index (χ1n) is 10.9. The third kappa shape index (κ3) is 4.57. The molecule has 3 aromatic carbocycles. The number of aliphatic hydroxyl groups excluding tert-OH is 1. The lowest BCUT2D eigenvalue weighted by Gasteiger charge is -2.34. The van der Waals surface area contributed by atoms with Gasteiger partial charge in [0.15, 0.2) is 0 Å². The maximum atomic E-state index is 11.0. The first-order valence-corrected chi connectivity index (χ1v) is 12.8. The minimum absolute atomic E-state index is 0.404. The lowest BCUT2D eigenvalue weighted by molar-refractivity contribution is -0.903. The van der Waals surface area contributed by atoms with Crippen molar-refractivity contribution < 1.29 is 10.0 Å². The summed E-state index contributed by atoms with van der Waals surface area (Å²) in [6.45, 7) is 5.36. The van der Waals surface area contributed by atoms with Crippen molar-refractivity contribution in [3.05, 3.63) is 74.6 Å². The van der Waals surface area contributed by atoms with Crippen LogP contribution in [0.25, 0.3) is 21.8 Å². The van der Waals surface area contributed by atoms with Gasteiger partial charge in [-0.05, 0) is 60.7 Å². The van der Waals surface area contributed by atoms with Crippen molar-refractivity contribution in [2.45, 2.75) is 12.6 Å². The minimum Gasteiger partial charge on any atom is -0.385 e. The predicted molar refractivity (Wildman–Crippen MR) is 140 cm³/mol. The van der Waals surface area contributed by atoms with Crippen molar-refractivity contribution in [2.24, 2.45) is 0 Å². The average Bonchev–Trinajstić information content (AvgIpc) is 3.07. The number of rotatable bonds is 5. The van der Waals surface area contributed by atoms with Gasteiger partial charge < -0.3 is 19.5 Å². The van der Waals surface area contributed by atoms with Crippen LogP contribution in [0.5, 0.6) is 0 Å². The number of hydrogen-bond acceptors (Lipinski definition) is 2. The minimum atomic E-state index is -0.404. The van der Waals surface area contributed by atoms with Crippen LogP contribution < -0.4 is 9.80 Å². The Morgan fingerprint density at radius 2 is 1.44 bits per heavy atom. The third-order valence-electron chi connectivity index (χ3n) is 6.37. The van der Waals surface area contributed by atoms with Crippen molar-refractivity contribution in [3.63, 3.8) is 0 Å². The largest absolute Gasteiger partial charge is 0.385 e. The highest BCUT2D eigenvalue weighted by atomic mass is 79.9. The number of halogens is 3. The molecule has 5 rings (SSSR count). The van der Waals surface area contributed by atoms with Crippen LogP contribution in [-0.2, 0) is 6.54 Å². The van der Waals surface area contributed by atoms with Crippen LogP contribution in [0.4, 0.5) is 5.69 Å². The second-order valence-corrected chi connectivity index (χ2v) is 10.8. The van der Waals surface area contributed by atoms with Gasteiger partial charge in [-0.15, -0.1) is 0 Å². The van der Waals surface area contributed by atoms with E-state index >= 15 is 0 Å². The van der Waals surface area contributed by atoms with E-state index in [1.165, 1.54) is 21.4 Å². The SMILES string of the molecule is O[C@@H](Cn1c2ccc(Br)cc2c2cc(Br)ccc21)C[NH+]1CCN(c2ccc(Cl)cc2)CC1. The summed E-state index contributed by atoms with van der Waals surface area (Å²) >= 11 is 13.2. The van der Waals surface area contributed by atoms with E-state index in [0.29, 0.717) is 6.54 Å². The Morgan fingerprint density at radius 3 is 2.00 bits per heavy atom. The van der Waals surface area contributed by atoms with Crippen LogP contribution in [-0.4, -0.2) is 48.5 Å². The molecule has 4 nitrogen and oxygen atoms in total. The number of benzene rings is 3. The van der Waals surface area contributed by atoms with E-state index in [4.69, 9.17) is 11.6 Å². The molecule has 4 aromatic rings. The molecule has 0 amide bonds. The molecule has 1 aliphatic rings. The van der Waals surface area contributed by atoms with Gasteiger partial charge in [-0.2, -0.15) is 0 Å². The van der Waals surface area contributed by atoms with E-state index in [1.807, 2.05) is 12.1 Å². The van der Waals surface area contributed by atoms with E-state index in [-0.39, 0.29) is 0 Å². The van der Waals surface area contributed by atoms with Crippen LogP contribution in [0.1, 0.15) is 0 Å². The fourth-order valence-corrected chi connectivity index (χ4v) is 5.64. The molecule has 1 aromatic heterocycles. The number of aliphatic hydroxyl groups is 1. The maximum absolute atomic E-state index is 11.0. The summed E-state index contributed by atoms with van der Waals surface area (Å²) in [6.07, 6.45) is -0.404. The summed E-state index contributed by atoms with van der Waals surface area (Å²) in [7, 11) is 0. The summed E-state index contributed by atoms with van der Waals surface area (Å²) < 4.78 is 4.39. The van der Waals surface area contributed by atoms with E-state index in [1.54, 1.807) is 0 Å². The Morgan fingerprint density at radius 1 is 0.875 bits per heavy atom. The van der Waals surface area contributed by atoms with E-state index in [9.17, 15) is 5.11 Å². The Bertz CT molecular complexity index is 1190. The summed E-state index contributed by atoms with van der Waals surface area (Å²) in [5.74, 6) is 0. The van der Waals surface area contributed by atoms with Crippen molar-refractivity contribution in [3.8, 4) is 0 Å². The molecular weight excluding hydrogens is 554 g/mol. The lowest BCUT2D eigenvalue weighted by Crippen LogP contribution is -3.15. The van der Waals surface area contributed by atoms with E-state index in [2.05, 4.69) is 89.9 Å². The Labute approximate surface area is 209 Å². The zero-order valence-electron chi connectivity index (χ0n) is 17.6. The molecule has 0 saturated carbocycles. The molecule has 0 bridgehead atoms. The highest BCUT2D eigenvalue weighted by molar-refractivity contribution is 9.10. The van der Waals surface area contributed by atoms with Crippen LogP contribution in [0.2, 0.25) is 5.02 Å². The van der Waals surface area contributed by atoms with Gasteiger partial charge in [-0.25, -0.2) is 0 Å². The lowest BCUT2D eigenvalue weighted by atomic mass is 10.2. The zero-order chi connectivity index (χ0) is 22.2. The fourth-order valence-electron chi connectivity index (χ4n) is 4.79. The van der Waals surface area contributed by atoms with Gasteiger partial charge in [0.2, 0.25) is 0 Å². The molecule has 7 heteroatoms. The molecule has 0 unspecified atom stereocenters. The number of aromatic nitrogens is 1. The van der Waals surface area contributed by atoms with Crippen molar-refractivity contribution in [1.29, 1.82) is 0 Å². The fraction of sp³-hybridized carbons (Fsp3) is 0.280. The summed E-state index contributed by atoms with van der Waals surface area (Å²) in [5, 5.41) is 14.2. The van der Waals surface area contributed by atoms with Gasteiger partial charge in [0.1, 0.15) is 12.6 Å². The molecule has 0 radical (unpaired) electrons. The third-order valence-corrected chi connectivity index (χ3v) is 7.61. The highest BCUT2D eigenvalue weighted by Gasteiger charge is 2.24. The van der Waals surface area contributed by atoms with Crippen LogP contribution in [0.3, 0.4) is 0 Å². The van der Waals surface area contributed by atoms with Crippen molar-refractivity contribution in [2.75, 3.05) is 37.6 Å². The molecule has 166 valence electrons. The first kappa shape index (κ1) is 22.2. The summed E-state index contributed by atoms with van der Waals surface area (Å²) in [5.41, 5.74) is 3.53. The number of nitrogens with zero attached hydrogens (tertiary/aromatic N) is 2. The molecule has 1 saturated heterocycles. The number of piperazine rings is 1. The number of quaternary nitrogens is 1. The van der Waals surface area contributed by atoms with Crippen LogP contribution in [0, 0.1) is 0 Å². The van der Waals surface area contributed by atoms with Crippen molar-refractivity contribution >= 4 is 71.0 Å². The molecule has 1 fully saturated rings. The number of hydrogen-bond donors (Lipinski definition) is 2. The average molecular weight is 579 g/mol. The summed E-state index contributed by atoms with van der Waals surface area (Å²) in [4.78, 5) is 3.85. The van der Waals surface area contributed by atoms with Crippen molar-refractivity contribution in [1.82, 2.24) is 4.57 Å². The van der Waals surface area contributed by atoms with Gasteiger partial charge in [0, 0.05) is 41.5 Å². The number of anilines is 1. The van der Waals surface area contributed by atoms with Gasteiger partial charge in [0.25, 0.3) is 0 Å². The molecule has 1 atom stereocenters. The van der Waals surface area contributed by atoms with Gasteiger partial charge in [-0.3, -0.25) is 0 Å². The molecule has 32 heavy (non-hydrogen) atoms. The number of fused-ring (bicyclic) bond motifs is 3. The molecule has 0 aliphatic carbocycles. The molecule has 0 spiro atoms. The van der Waals surface area contributed by atoms with Gasteiger partial charge in [0.05, 0.1) is 32.7 Å². The quantitative estimate of drug-likeness (QED) is 0.359. The second-order valence-electron chi connectivity index (χ2n) is 8.50. The topological polar surface area (TPSA) is 32.8 Å². The van der Waals surface area contributed by atoms with Gasteiger partial charge in [-0.1, -0.05) is 43.5 Å². The maximum Gasteiger partial charge on any atom is 0.121 e. The van der Waals surface area contributed by atoms with E-state index in [0.717, 1.165) is 57.7 Å². The smallest absolute Gasteiger partial charge is 0.121 e. The Balaban J connectivity index is 1.29. The Hall–Kier alpha value is -1.57. The predicted octanol–water partition coefficient (Wildman–Crippen LogP) is 4.74. The van der Waals surface area contributed by atoms with Crippen LogP contribution >= 0.6 is 43.5 Å². The molecular formula is C25H25Br2ClN3O+. The monoisotopic (exact) mass is 576 g/mol. The highest BCUT2D eigenvalue weighted by Crippen LogP contribution is 2.33. The number of nitrogens with one attached hydrogen (secondary N) is 1. The zero-order valence-corrected chi connectivity index (χ0v) is 21.5. The van der Waals surface area contributed by atoms with Gasteiger partial charge >= 0.3 is 0 Å². The second kappa shape index (κ2) is 9.35. The van der Waals surface area contributed by atoms with E-state index < -0.39 is 6.10 Å². The molecule has 2 N–H and O–H groups in total. The summed E-state index contributed by atoms with van der Waals surface area (Å²) in [6, 6.07) is 20.8. The normalized spacial score (nSPS) is 16.2.